The molecule has 3 fully saturated rings. The molecule has 1 unspecified atom stereocenters. The van der Waals surface area contributed by atoms with Gasteiger partial charge in [0.05, 0.1) is 41.0 Å². The third-order valence-electron chi connectivity index (χ3n) is 8.94. The molecule has 3 aliphatic heterocycles. The van der Waals surface area contributed by atoms with Gasteiger partial charge in [-0.25, -0.2) is 0 Å². The molecule has 0 bridgehead atoms. The van der Waals surface area contributed by atoms with Crippen molar-refractivity contribution < 1.29 is 29.2 Å². The quantitative estimate of drug-likeness (QED) is 0.334. The Balaban J connectivity index is 1.78. The second-order valence-corrected chi connectivity index (χ2v) is 17.0. The molecule has 0 aromatic heterocycles. The van der Waals surface area contributed by atoms with Crippen molar-refractivity contribution in [3.63, 3.8) is 0 Å². The lowest BCUT2D eigenvalue weighted by Gasteiger charge is -2.51. The first kappa shape index (κ1) is 32.6. The maximum atomic E-state index is 10.8. The van der Waals surface area contributed by atoms with Gasteiger partial charge >= 0.3 is 8.60 Å². The van der Waals surface area contributed by atoms with E-state index in [0.29, 0.717) is 25.4 Å². The van der Waals surface area contributed by atoms with Gasteiger partial charge in [-0.1, -0.05) is 10.1 Å². The van der Waals surface area contributed by atoms with E-state index in [4.69, 9.17) is 24.0 Å². The molecule has 38 heavy (non-hydrogen) atoms. The topological polar surface area (TPSA) is 103 Å². The molecule has 224 valence electrons. The van der Waals surface area contributed by atoms with Crippen LogP contribution in [0.2, 0.25) is 0 Å². The summed E-state index contributed by atoms with van der Waals surface area (Å²) >= 11 is 0. The first-order valence-corrected chi connectivity index (χ1v) is 15.4. The van der Waals surface area contributed by atoms with E-state index in [1.165, 1.54) is 5.06 Å². The van der Waals surface area contributed by atoms with Gasteiger partial charge in [0.15, 0.2) is 0 Å². The van der Waals surface area contributed by atoms with Crippen LogP contribution >= 0.6 is 8.60 Å². The Kier molecular flexibility index (Phi) is 9.19. The van der Waals surface area contributed by atoms with Gasteiger partial charge < -0.3 is 29.2 Å². The van der Waals surface area contributed by atoms with Crippen LogP contribution in [0, 0.1) is 5.92 Å². The standard InChI is InChI=1S/C28H56N3O6P/c1-23(2)13-20(14-24(3,4)29(23)32)19-35-38(36-21-15-25(5,6)30(33)26(7,8)16-21)37-22-17-27(9,10)31(34)28(11,12)18-22/h20-22,32-34H,13-19H2,1-12H3/p+2. The zero-order valence-electron chi connectivity index (χ0n) is 26.1. The number of nitrogens with zero attached hydrogens (tertiary/aromatic N) is 3. The molecule has 0 aliphatic carbocycles. The van der Waals surface area contributed by atoms with Crippen molar-refractivity contribution in [3.05, 3.63) is 0 Å². The van der Waals surface area contributed by atoms with Gasteiger partial charge in [-0.3, -0.25) is 0 Å². The number of hydrogen-bond donors (Lipinski definition) is 1. The largest absolute Gasteiger partial charge is 0.338 e. The summed E-state index contributed by atoms with van der Waals surface area (Å²) in [7, 11) is -1.64. The fourth-order valence-electron chi connectivity index (χ4n) is 7.62. The summed E-state index contributed by atoms with van der Waals surface area (Å²) in [6.07, 6.45) is 4.40. The summed E-state index contributed by atoms with van der Waals surface area (Å²) in [6, 6.07) is 0. The van der Waals surface area contributed by atoms with Crippen LogP contribution in [0.25, 0.3) is 0 Å². The van der Waals surface area contributed by atoms with Gasteiger partial charge in [0.2, 0.25) is 0 Å². The van der Waals surface area contributed by atoms with Crippen molar-refractivity contribution in [2.75, 3.05) is 6.61 Å². The van der Waals surface area contributed by atoms with E-state index in [1.807, 2.05) is 27.7 Å². The van der Waals surface area contributed by atoms with E-state index >= 15 is 0 Å². The second kappa shape index (κ2) is 10.7. The van der Waals surface area contributed by atoms with E-state index in [0.717, 1.165) is 25.7 Å². The van der Waals surface area contributed by atoms with Gasteiger partial charge in [-0.2, -0.15) is 5.06 Å². The highest BCUT2D eigenvalue weighted by atomic mass is 31.2. The Morgan fingerprint density at radius 1 is 0.605 bits per heavy atom. The molecule has 10 heteroatoms. The molecule has 0 aromatic rings. The SMILES string of the molecule is CC1(C)CC(OP(OCC2CC(C)(C)N([OH2+])C(C)(C)C2)OC2CC(C)(C)N([OH2+])C(C)(C)C2)CC(C)(C)N1O. The first-order valence-electron chi connectivity index (χ1n) is 14.3. The van der Waals surface area contributed by atoms with Crippen molar-refractivity contribution in [2.45, 2.75) is 167 Å². The molecule has 9 nitrogen and oxygen atoms in total. The lowest BCUT2D eigenvalue weighted by Crippen LogP contribution is -2.61. The molecular weight excluding hydrogens is 505 g/mol. The van der Waals surface area contributed by atoms with E-state index in [9.17, 15) is 5.21 Å². The molecule has 0 radical (unpaired) electrons. The van der Waals surface area contributed by atoms with E-state index in [2.05, 4.69) is 55.4 Å². The van der Waals surface area contributed by atoms with E-state index in [-0.39, 0.29) is 34.4 Å². The van der Waals surface area contributed by atoms with Crippen molar-refractivity contribution in [1.29, 1.82) is 0 Å². The van der Waals surface area contributed by atoms with Crippen LogP contribution in [0.5, 0.6) is 0 Å². The average molecular weight is 564 g/mol. The lowest BCUT2D eigenvalue weighted by atomic mass is 9.76. The van der Waals surface area contributed by atoms with Gasteiger partial charge in [0.1, 0.15) is 0 Å². The van der Waals surface area contributed by atoms with Crippen LogP contribution in [-0.4, -0.2) is 82.9 Å². The molecule has 3 heterocycles. The molecule has 1 atom stereocenters. The number of rotatable bonds is 7. The van der Waals surface area contributed by atoms with Crippen LogP contribution in [0.15, 0.2) is 0 Å². The van der Waals surface area contributed by atoms with Crippen LogP contribution in [0.1, 0.15) is 122 Å². The van der Waals surface area contributed by atoms with Crippen LogP contribution < -0.4 is 0 Å². The van der Waals surface area contributed by atoms with Crippen LogP contribution in [-0.2, 0) is 13.6 Å². The fourth-order valence-corrected chi connectivity index (χ4v) is 8.91. The number of piperidine rings is 3. The summed E-state index contributed by atoms with van der Waals surface area (Å²) < 4.78 is 19.9. The number of hydroxylamine groups is 6. The second-order valence-electron chi connectivity index (χ2n) is 15.9. The van der Waals surface area contributed by atoms with E-state index in [1.54, 1.807) is 10.1 Å². The zero-order valence-corrected chi connectivity index (χ0v) is 27.0. The zero-order chi connectivity index (χ0) is 29.1. The maximum Gasteiger partial charge on any atom is 0.333 e. The summed E-state index contributed by atoms with van der Waals surface area (Å²) in [5.74, 6) is 0.300. The highest BCUT2D eigenvalue weighted by Gasteiger charge is 2.52. The summed E-state index contributed by atoms with van der Waals surface area (Å²) in [5, 5.41) is 33.0. The normalized spacial score (nSPS) is 31.3. The summed E-state index contributed by atoms with van der Waals surface area (Å²) in [5.41, 5.74) is -1.98. The number of hydrogen-bond acceptors (Lipinski definition) is 7. The third kappa shape index (κ3) is 7.10. The Morgan fingerprint density at radius 3 is 1.29 bits per heavy atom. The minimum Gasteiger partial charge on any atom is -0.338 e. The van der Waals surface area contributed by atoms with Crippen molar-refractivity contribution in [1.82, 2.24) is 15.2 Å². The molecule has 3 saturated heterocycles. The van der Waals surface area contributed by atoms with Crippen LogP contribution in [0.3, 0.4) is 0 Å². The smallest absolute Gasteiger partial charge is 0.333 e. The molecule has 0 amide bonds. The predicted molar refractivity (Wildman–Crippen MR) is 153 cm³/mol. The Labute approximate surface area is 232 Å². The van der Waals surface area contributed by atoms with Gasteiger partial charge in [0, 0.05) is 11.1 Å². The Bertz CT molecular complexity index is 735. The maximum absolute atomic E-state index is 10.8. The Morgan fingerprint density at radius 2 is 0.921 bits per heavy atom. The average Bonchev–Trinajstić information content (AvgIpc) is 2.71. The fraction of sp³-hybridized carbons (Fsp3) is 1.00. The molecule has 3 rings (SSSR count). The van der Waals surface area contributed by atoms with Crippen molar-refractivity contribution >= 4 is 8.60 Å². The molecular formula is C28H58N3O6P+2. The van der Waals surface area contributed by atoms with Gasteiger partial charge in [0.25, 0.3) is 0 Å². The first-order chi connectivity index (χ1) is 17.0. The lowest BCUT2D eigenvalue weighted by molar-refractivity contribution is -0.259. The summed E-state index contributed by atoms with van der Waals surface area (Å²) in [4.78, 5) is 0. The van der Waals surface area contributed by atoms with Gasteiger partial charge in [-0.15, -0.1) is 0 Å². The van der Waals surface area contributed by atoms with Crippen molar-refractivity contribution in [3.8, 4) is 0 Å². The molecule has 0 spiro atoms. The van der Waals surface area contributed by atoms with Crippen LogP contribution in [0.4, 0.5) is 0 Å². The highest BCUT2D eigenvalue weighted by molar-refractivity contribution is 7.41. The third-order valence-corrected chi connectivity index (χ3v) is 10.2. The Hall–Kier alpha value is 0.0700. The monoisotopic (exact) mass is 563 g/mol. The molecule has 0 aromatic carbocycles. The molecule has 0 saturated carbocycles. The summed E-state index contributed by atoms with van der Waals surface area (Å²) in [6.45, 7) is 25.6. The highest BCUT2D eigenvalue weighted by Crippen LogP contribution is 2.52. The molecule has 5 N–H and O–H groups in total. The minimum atomic E-state index is -1.64. The van der Waals surface area contributed by atoms with Crippen molar-refractivity contribution in [2.24, 2.45) is 5.92 Å². The predicted octanol–water partition coefficient (Wildman–Crippen LogP) is 5.24. The van der Waals surface area contributed by atoms with E-state index < -0.39 is 19.7 Å². The molecule has 3 aliphatic rings. The minimum absolute atomic E-state index is 0.0744. The van der Waals surface area contributed by atoms with Gasteiger partial charge in [-0.05, 0) is 128 Å².